The molecule has 0 saturated heterocycles. The van der Waals surface area contributed by atoms with Gasteiger partial charge < -0.3 is 4.57 Å². The van der Waals surface area contributed by atoms with E-state index in [2.05, 4.69) is 22.6 Å². The highest BCUT2D eigenvalue weighted by molar-refractivity contribution is 14.1. The number of aromatic nitrogens is 1. The van der Waals surface area contributed by atoms with E-state index in [0.717, 1.165) is 14.7 Å². The minimum atomic E-state index is -0.380. The van der Waals surface area contributed by atoms with Gasteiger partial charge in [-0.15, -0.1) is 0 Å². The van der Waals surface area contributed by atoms with Gasteiger partial charge in [0.25, 0.3) is 5.56 Å². The van der Waals surface area contributed by atoms with Crippen molar-refractivity contribution in [2.45, 2.75) is 13.5 Å². The van der Waals surface area contributed by atoms with Crippen LogP contribution in [-0.4, -0.2) is 4.57 Å². The molecule has 0 radical (unpaired) electrons. The second-order valence-electron chi connectivity index (χ2n) is 4.01. The Bertz CT molecular complexity index is 654. The lowest BCUT2D eigenvalue weighted by Gasteiger charge is -2.09. The van der Waals surface area contributed by atoms with Crippen molar-refractivity contribution < 1.29 is 4.39 Å². The van der Waals surface area contributed by atoms with Crippen LogP contribution in [0.25, 0.3) is 0 Å². The molecule has 0 aliphatic heterocycles. The van der Waals surface area contributed by atoms with Crippen LogP contribution in [-0.2, 0) is 6.54 Å². The zero-order valence-corrected chi connectivity index (χ0v) is 12.5. The first-order chi connectivity index (χ1) is 8.47. The van der Waals surface area contributed by atoms with Gasteiger partial charge in [-0.3, -0.25) is 4.79 Å². The molecule has 0 spiro atoms. The van der Waals surface area contributed by atoms with Crippen molar-refractivity contribution in [3.8, 4) is 0 Å². The maximum absolute atomic E-state index is 12.9. The van der Waals surface area contributed by atoms with Crippen LogP contribution in [0.3, 0.4) is 0 Å². The predicted molar refractivity (Wildman–Crippen MR) is 78.7 cm³/mol. The summed E-state index contributed by atoms with van der Waals surface area (Å²) in [5.74, 6) is -0.380. The molecule has 5 heteroatoms. The molecule has 0 aliphatic carbocycles. The smallest absolute Gasteiger partial charge is 0.251 e. The van der Waals surface area contributed by atoms with Crippen molar-refractivity contribution in [1.82, 2.24) is 4.57 Å². The summed E-state index contributed by atoms with van der Waals surface area (Å²) in [6.45, 7) is 2.23. The summed E-state index contributed by atoms with van der Waals surface area (Å²) in [5.41, 5.74) is 1.58. The van der Waals surface area contributed by atoms with Crippen molar-refractivity contribution in [2.75, 3.05) is 0 Å². The highest BCUT2D eigenvalue weighted by Gasteiger charge is 2.06. The van der Waals surface area contributed by atoms with Crippen LogP contribution in [0.5, 0.6) is 0 Å². The molecule has 0 unspecified atom stereocenters. The number of rotatable bonds is 2. The Balaban J connectivity index is 2.40. The number of benzene rings is 1. The SMILES string of the molecule is Cc1cc(=O)n(Cc2ccc(F)cc2Cl)cc1I. The largest absolute Gasteiger partial charge is 0.310 e. The number of nitrogens with zero attached hydrogens (tertiary/aromatic N) is 1. The minimum absolute atomic E-state index is 0.0895. The molecular weight excluding hydrogens is 368 g/mol. The lowest BCUT2D eigenvalue weighted by atomic mass is 10.2. The molecule has 0 saturated carbocycles. The van der Waals surface area contributed by atoms with E-state index < -0.39 is 0 Å². The lowest BCUT2D eigenvalue weighted by molar-refractivity contribution is 0.626. The van der Waals surface area contributed by atoms with Crippen LogP contribution in [0.15, 0.2) is 35.3 Å². The van der Waals surface area contributed by atoms with Crippen LogP contribution in [0.1, 0.15) is 11.1 Å². The molecule has 0 fully saturated rings. The standard InChI is InChI=1S/C13H10ClFINO/c1-8-4-13(18)17(7-12(8)16)6-9-2-3-10(15)5-11(9)14/h2-5,7H,6H2,1H3. The fraction of sp³-hybridized carbons (Fsp3) is 0.154. The Morgan fingerprint density at radius 1 is 1.39 bits per heavy atom. The van der Waals surface area contributed by atoms with Gasteiger partial charge in [-0.05, 0) is 52.8 Å². The zero-order valence-electron chi connectivity index (χ0n) is 9.58. The number of aryl methyl sites for hydroxylation is 1. The molecule has 0 amide bonds. The molecule has 2 nitrogen and oxygen atoms in total. The fourth-order valence-corrected chi connectivity index (χ4v) is 2.32. The van der Waals surface area contributed by atoms with Crippen molar-refractivity contribution in [1.29, 1.82) is 0 Å². The molecule has 1 heterocycles. The van der Waals surface area contributed by atoms with E-state index in [1.54, 1.807) is 22.9 Å². The molecule has 18 heavy (non-hydrogen) atoms. The van der Waals surface area contributed by atoms with E-state index in [1.807, 2.05) is 6.92 Å². The first-order valence-electron chi connectivity index (χ1n) is 5.28. The lowest BCUT2D eigenvalue weighted by Crippen LogP contribution is -2.20. The van der Waals surface area contributed by atoms with E-state index in [1.165, 1.54) is 12.1 Å². The second kappa shape index (κ2) is 5.40. The van der Waals surface area contributed by atoms with E-state index >= 15 is 0 Å². The molecule has 0 aliphatic rings. The van der Waals surface area contributed by atoms with Gasteiger partial charge in [0, 0.05) is 20.9 Å². The Morgan fingerprint density at radius 2 is 2.11 bits per heavy atom. The van der Waals surface area contributed by atoms with Crippen molar-refractivity contribution in [3.63, 3.8) is 0 Å². The van der Waals surface area contributed by atoms with Gasteiger partial charge in [-0.2, -0.15) is 0 Å². The van der Waals surface area contributed by atoms with Gasteiger partial charge in [0.2, 0.25) is 0 Å². The Hall–Kier alpha value is -0.880. The molecule has 0 N–H and O–H groups in total. The van der Waals surface area contributed by atoms with Gasteiger partial charge in [-0.1, -0.05) is 17.7 Å². The summed E-state index contributed by atoms with van der Waals surface area (Å²) >= 11 is 8.12. The van der Waals surface area contributed by atoms with Crippen LogP contribution in [0, 0.1) is 16.3 Å². The molecule has 2 rings (SSSR count). The minimum Gasteiger partial charge on any atom is -0.310 e. The number of hydrogen-bond acceptors (Lipinski definition) is 1. The summed E-state index contributed by atoms with van der Waals surface area (Å²) in [4.78, 5) is 11.8. The van der Waals surface area contributed by atoms with Gasteiger partial charge in [0.15, 0.2) is 0 Å². The Kier molecular flexibility index (Phi) is 4.07. The summed E-state index contributed by atoms with van der Waals surface area (Å²) in [6, 6.07) is 5.77. The van der Waals surface area contributed by atoms with Gasteiger partial charge >= 0.3 is 0 Å². The quantitative estimate of drug-likeness (QED) is 0.733. The van der Waals surface area contributed by atoms with E-state index in [9.17, 15) is 9.18 Å². The normalized spacial score (nSPS) is 10.7. The highest BCUT2D eigenvalue weighted by atomic mass is 127. The van der Waals surface area contributed by atoms with Gasteiger partial charge in [0.1, 0.15) is 5.82 Å². The van der Waals surface area contributed by atoms with Crippen molar-refractivity contribution in [2.24, 2.45) is 0 Å². The van der Waals surface area contributed by atoms with Crippen LogP contribution < -0.4 is 5.56 Å². The average Bonchev–Trinajstić information content (AvgIpc) is 2.29. The molecule has 0 bridgehead atoms. The molecule has 2 aromatic rings. The number of pyridine rings is 1. The third-order valence-corrected chi connectivity index (χ3v) is 4.11. The number of hydrogen-bond donors (Lipinski definition) is 0. The Morgan fingerprint density at radius 3 is 2.78 bits per heavy atom. The third-order valence-electron chi connectivity index (χ3n) is 2.62. The monoisotopic (exact) mass is 377 g/mol. The summed E-state index contributed by atoms with van der Waals surface area (Å²) < 4.78 is 15.5. The molecule has 1 aromatic carbocycles. The summed E-state index contributed by atoms with van der Waals surface area (Å²) in [6.07, 6.45) is 1.78. The third kappa shape index (κ3) is 2.92. The molecule has 0 atom stereocenters. The van der Waals surface area contributed by atoms with Gasteiger partial charge in [0.05, 0.1) is 6.54 Å². The fourth-order valence-electron chi connectivity index (χ4n) is 1.60. The van der Waals surface area contributed by atoms with Crippen LogP contribution >= 0.6 is 34.2 Å². The Labute approximate surface area is 123 Å². The predicted octanol–water partition coefficient (Wildman–Crippen LogP) is 3.60. The summed E-state index contributed by atoms with van der Waals surface area (Å²) in [7, 11) is 0. The second-order valence-corrected chi connectivity index (χ2v) is 5.58. The van der Waals surface area contributed by atoms with Crippen molar-refractivity contribution in [3.05, 3.63) is 66.4 Å². The van der Waals surface area contributed by atoms with Crippen molar-refractivity contribution >= 4 is 34.2 Å². The van der Waals surface area contributed by atoms with Gasteiger partial charge in [-0.25, -0.2) is 4.39 Å². The number of halogens is 3. The van der Waals surface area contributed by atoms with Crippen LogP contribution in [0.4, 0.5) is 4.39 Å². The topological polar surface area (TPSA) is 22.0 Å². The maximum Gasteiger partial charge on any atom is 0.251 e. The maximum atomic E-state index is 12.9. The average molecular weight is 378 g/mol. The van der Waals surface area contributed by atoms with Crippen LogP contribution in [0.2, 0.25) is 5.02 Å². The zero-order chi connectivity index (χ0) is 13.3. The molecular formula is C13H10ClFINO. The summed E-state index contributed by atoms with van der Waals surface area (Å²) in [5, 5.41) is 0.331. The molecule has 94 valence electrons. The highest BCUT2D eigenvalue weighted by Crippen LogP contribution is 2.18. The van der Waals surface area contributed by atoms with E-state index in [0.29, 0.717) is 11.6 Å². The first-order valence-corrected chi connectivity index (χ1v) is 6.73. The van der Waals surface area contributed by atoms with E-state index in [4.69, 9.17) is 11.6 Å². The first kappa shape index (κ1) is 13.5. The molecule has 1 aromatic heterocycles. The van der Waals surface area contributed by atoms with E-state index in [-0.39, 0.29) is 11.4 Å².